The highest BCUT2D eigenvalue weighted by Gasteiger charge is 2.12. The molecule has 6 heteroatoms. The van der Waals surface area contributed by atoms with Crippen LogP contribution in [0.4, 0.5) is 5.69 Å². The van der Waals surface area contributed by atoms with Crippen molar-refractivity contribution in [3.05, 3.63) is 54.2 Å². The smallest absolute Gasteiger partial charge is 0.231 e. The lowest BCUT2D eigenvalue weighted by Crippen LogP contribution is -1.94. The number of hydrogen-bond acceptors (Lipinski definition) is 6. The zero-order valence-electron chi connectivity index (χ0n) is 13.0. The van der Waals surface area contributed by atoms with Crippen LogP contribution < -0.4 is 19.6 Å². The van der Waals surface area contributed by atoms with Gasteiger partial charge in [0.1, 0.15) is 11.3 Å². The Hall–Kier alpha value is -3.28. The van der Waals surface area contributed by atoms with E-state index in [9.17, 15) is 0 Å². The van der Waals surface area contributed by atoms with Crippen molar-refractivity contribution in [3.63, 3.8) is 0 Å². The van der Waals surface area contributed by atoms with Gasteiger partial charge in [-0.05, 0) is 35.9 Å². The van der Waals surface area contributed by atoms with Crippen molar-refractivity contribution in [1.82, 2.24) is 4.98 Å². The highest BCUT2D eigenvalue weighted by atomic mass is 16.7. The third-order valence-corrected chi connectivity index (χ3v) is 3.75. The van der Waals surface area contributed by atoms with Crippen LogP contribution in [0.2, 0.25) is 0 Å². The van der Waals surface area contributed by atoms with Crippen molar-refractivity contribution in [2.24, 2.45) is 5.10 Å². The van der Waals surface area contributed by atoms with E-state index in [-0.39, 0.29) is 6.79 Å². The molecular weight excluding hydrogens is 306 g/mol. The van der Waals surface area contributed by atoms with Crippen molar-refractivity contribution in [2.75, 3.05) is 19.3 Å². The first-order valence-electron chi connectivity index (χ1n) is 7.45. The van der Waals surface area contributed by atoms with Gasteiger partial charge in [-0.2, -0.15) is 5.10 Å². The minimum absolute atomic E-state index is 0.263. The largest absolute Gasteiger partial charge is 0.494 e. The topological polar surface area (TPSA) is 65.0 Å². The Morgan fingerprint density at radius 2 is 2.08 bits per heavy atom. The molecule has 0 spiro atoms. The lowest BCUT2D eigenvalue weighted by atomic mass is 10.2. The van der Waals surface area contributed by atoms with Gasteiger partial charge in [0.2, 0.25) is 6.79 Å². The van der Waals surface area contributed by atoms with Gasteiger partial charge in [0.25, 0.3) is 0 Å². The van der Waals surface area contributed by atoms with E-state index < -0.39 is 0 Å². The molecule has 0 saturated heterocycles. The number of rotatable bonds is 4. The highest BCUT2D eigenvalue weighted by molar-refractivity contribution is 5.95. The number of aromatic nitrogens is 1. The van der Waals surface area contributed by atoms with Gasteiger partial charge in [0.05, 0.1) is 19.0 Å². The van der Waals surface area contributed by atoms with Crippen LogP contribution in [0, 0.1) is 0 Å². The minimum Gasteiger partial charge on any atom is -0.494 e. The number of pyridine rings is 1. The summed E-state index contributed by atoms with van der Waals surface area (Å²) in [5, 5.41) is 5.25. The number of para-hydroxylation sites is 1. The number of hydrogen-bond donors (Lipinski definition) is 1. The molecule has 2 heterocycles. The van der Waals surface area contributed by atoms with Crippen LogP contribution in [0.25, 0.3) is 10.9 Å². The number of nitrogens with one attached hydrogen (secondary N) is 1. The van der Waals surface area contributed by atoms with Gasteiger partial charge in [-0.25, -0.2) is 0 Å². The number of ether oxygens (including phenoxy) is 3. The standard InChI is InChI=1S/C18H15N3O3/c1-22-16-4-2-3-13-14(7-8-19-18(13)16)21-20-10-12-5-6-15-17(9-12)24-11-23-15/h2-10H,11H2,1H3,(H,19,21)/b20-10+. The third kappa shape index (κ3) is 2.58. The van der Waals surface area contributed by atoms with E-state index in [1.807, 2.05) is 42.5 Å². The summed E-state index contributed by atoms with van der Waals surface area (Å²) in [6, 6.07) is 13.3. The number of anilines is 1. The monoisotopic (exact) mass is 321 g/mol. The summed E-state index contributed by atoms with van der Waals surface area (Å²) < 4.78 is 16.0. The molecule has 24 heavy (non-hydrogen) atoms. The quantitative estimate of drug-likeness (QED) is 0.589. The second kappa shape index (κ2) is 6.08. The highest BCUT2D eigenvalue weighted by Crippen LogP contribution is 2.32. The lowest BCUT2D eigenvalue weighted by molar-refractivity contribution is 0.174. The number of nitrogens with zero attached hydrogens (tertiary/aromatic N) is 2. The summed E-state index contributed by atoms with van der Waals surface area (Å²) >= 11 is 0. The first kappa shape index (κ1) is 14.3. The number of benzene rings is 2. The molecule has 0 amide bonds. The van der Waals surface area contributed by atoms with Crippen LogP contribution in [0.1, 0.15) is 5.56 Å². The van der Waals surface area contributed by atoms with Gasteiger partial charge >= 0.3 is 0 Å². The van der Waals surface area contributed by atoms with E-state index in [0.29, 0.717) is 0 Å². The molecule has 0 atom stereocenters. The molecule has 1 aliphatic rings. The molecule has 1 aromatic heterocycles. The maximum atomic E-state index is 5.36. The maximum absolute atomic E-state index is 5.36. The first-order valence-corrected chi connectivity index (χ1v) is 7.45. The fourth-order valence-corrected chi connectivity index (χ4v) is 2.58. The van der Waals surface area contributed by atoms with Crippen molar-refractivity contribution in [3.8, 4) is 17.2 Å². The van der Waals surface area contributed by atoms with Crippen LogP contribution in [-0.2, 0) is 0 Å². The van der Waals surface area contributed by atoms with Crippen molar-refractivity contribution in [2.45, 2.75) is 0 Å². The molecule has 1 aliphatic heterocycles. The second-order valence-electron chi connectivity index (χ2n) is 5.20. The summed E-state index contributed by atoms with van der Waals surface area (Å²) in [5.41, 5.74) is 5.63. The molecule has 2 aromatic carbocycles. The van der Waals surface area contributed by atoms with Crippen LogP contribution >= 0.6 is 0 Å². The van der Waals surface area contributed by atoms with Gasteiger partial charge in [-0.15, -0.1) is 0 Å². The summed E-state index contributed by atoms with van der Waals surface area (Å²) in [6.45, 7) is 0.263. The lowest BCUT2D eigenvalue weighted by Gasteiger charge is -2.08. The molecule has 0 fully saturated rings. The molecule has 120 valence electrons. The maximum Gasteiger partial charge on any atom is 0.231 e. The average Bonchev–Trinajstić information content (AvgIpc) is 3.09. The van der Waals surface area contributed by atoms with Crippen LogP contribution in [-0.4, -0.2) is 25.1 Å². The first-order chi connectivity index (χ1) is 11.8. The van der Waals surface area contributed by atoms with Gasteiger partial charge < -0.3 is 14.2 Å². The van der Waals surface area contributed by atoms with Gasteiger partial charge in [-0.1, -0.05) is 12.1 Å². The third-order valence-electron chi connectivity index (χ3n) is 3.75. The fourth-order valence-electron chi connectivity index (χ4n) is 2.58. The SMILES string of the molecule is COc1cccc2c(N/N=C/c3ccc4c(c3)OCO4)ccnc12. The number of methoxy groups -OCH3 is 1. The Balaban J connectivity index is 1.59. The van der Waals surface area contributed by atoms with E-state index in [2.05, 4.69) is 15.5 Å². The number of hydrazone groups is 1. The minimum atomic E-state index is 0.263. The van der Waals surface area contributed by atoms with Crippen LogP contribution in [0.15, 0.2) is 53.8 Å². The van der Waals surface area contributed by atoms with Gasteiger partial charge in [-0.3, -0.25) is 10.4 Å². The molecular formula is C18H15N3O3. The molecule has 1 N–H and O–H groups in total. The normalized spacial score (nSPS) is 12.7. The van der Waals surface area contributed by atoms with Crippen LogP contribution in [0.3, 0.4) is 0 Å². The summed E-state index contributed by atoms with van der Waals surface area (Å²) in [6.07, 6.45) is 3.46. The Bertz CT molecular complexity index is 925. The van der Waals surface area contributed by atoms with Gasteiger partial charge in [0, 0.05) is 11.6 Å². The molecule has 0 bridgehead atoms. The summed E-state index contributed by atoms with van der Waals surface area (Å²) in [5.74, 6) is 2.22. The van der Waals surface area contributed by atoms with Crippen LogP contribution in [0.5, 0.6) is 17.2 Å². The van der Waals surface area contributed by atoms with E-state index in [1.165, 1.54) is 0 Å². The molecule has 0 unspecified atom stereocenters. The van der Waals surface area contributed by atoms with E-state index in [4.69, 9.17) is 14.2 Å². The number of fused-ring (bicyclic) bond motifs is 2. The van der Waals surface area contributed by atoms with Crippen molar-refractivity contribution in [1.29, 1.82) is 0 Å². The molecule has 0 aliphatic carbocycles. The molecule has 6 nitrogen and oxygen atoms in total. The summed E-state index contributed by atoms with van der Waals surface area (Å²) in [4.78, 5) is 4.37. The Morgan fingerprint density at radius 3 is 3.00 bits per heavy atom. The van der Waals surface area contributed by atoms with Crippen molar-refractivity contribution < 1.29 is 14.2 Å². The van der Waals surface area contributed by atoms with Gasteiger partial charge in [0.15, 0.2) is 11.5 Å². The zero-order chi connectivity index (χ0) is 16.4. The zero-order valence-corrected chi connectivity index (χ0v) is 13.0. The Kier molecular flexibility index (Phi) is 3.63. The Labute approximate surface area is 138 Å². The Morgan fingerprint density at radius 1 is 1.17 bits per heavy atom. The van der Waals surface area contributed by atoms with Crippen molar-refractivity contribution >= 4 is 22.8 Å². The average molecular weight is 321 g/mol. The fraction of sp³-hybridized carbons (Fsp3) is 0.111. The van der Waals surface area contributed by atoms with E-state index >= 15 is 0 Å². The molecule has 3 aromatic rings. The van der Waals surface area contributed by atoms with E-state index in [1.54, 1.807) is 19.5 Å². The molecule has 4 rings (SSSR count). The van der Waals surface area contributed by atoms with E-state index in [0.717, 1.165) is 39.4 Å². The second-order valence-corrected chi connectivity index (χ2v) is 5.20. The predicted molar refractivity (Wildman–Crippen MR) is 92.1 cm³/mol. The predicted octanol–water partition coefficient (Wildman–Crippen LogP) is 3.42. The molecule has 0 saturated carbocycles. The molecule has 0 radical (unpaired) electrons. The summed E-state index contributed by atoms with van der Waals surface area (Å²) in [7, 11) is 1.63.